The van der Waals surface area contributed by atoms with Gasteiger partial charge in [0.15, 0.2) is 0 Å². The molecule has 0 aliphatic heterocycles. The lowest BCUT2D eigenvalue weighted by molar-refractivity contribution is -0.124. The van der Waals surface area contributed by atoms with Crippen molar-refractivity contribution in [2.24, 2.45) is 5.29 Å². The molecule has 0 fully saturated rings. The number of hydrogen-bond acceptors (Lipinski definition) is 3. The van der Waals surface area contributed by atoms with Crippen molar-refractivity contribution in [1.82, 2.24) is 5.01 Å². The number of amides is 1. The number of hydrogen-bond donors (Lipinski definition) is 0. The molecule has 1 amide bonds. The van der Waals surface area contributed by atoms with E-state index in [2.05, 4.69) is 5.29 Å². The second kappa shape index (κ2) is 3.77. The first-order valence-corrected chi connectivity index (χ1v) is 2.46. The van der Waals surface area contributed by atoms with Crippen LogP contribution in [-0.4, -0.2) is 18.0 Å². The fourth-order valence-corrected chi connectivity index (χ4v) is 0.291. The Morgan fingerprint density at radius 3 is 2.56 bits per heavy atom. The molecule has 4 nitrogen and oxygen atoms in total. The number of rotatable bonds is 2. The normalized spacial score (nSPS) is 9.56. The van der Waals surface area contributed by atoms with Gasteiger partial charge in [-0.05, 0) is 6.92 Å². The maximum atomic E-state index is 10.5. The van der Waals surface area contributed by atoms with Crippen LogP contribution in [0.15, 0.2) is 17.4 Å². The lowest BCUT2D eigenvalue weighted by Gasteiger charge is -1.99. The predicted molar refractivity (Wildman–Crippen MR) is 33.4 cm³/mol. The van der Waals surface area contributed by atoms with Crippen LogP contribution in [0, 0.1) is 4.91 Å². The molecule has 0 aliphatic carbocycles. The van der Waals surface area contributed by atoms with Gasteiger partial charge in [-0.25, -0.2) is 0 Å². The molecule has 0 saturated carbocycles. The Labute approximate surface area is 53.1 Å². The molecule has 0 spiro atoms. The first-order chi connectivity index (χ1) is 4.22. The van der Waals surface area contributed by atoms with Crippen molar-refractivity contribution in [2.45, 2.75) is 6.92 Å². The van der Waals surface area contributed by atoms with Crippen molar-refractivity contribution in [1.29, 1.82) is 0 Å². The van der Waals surface area contributed by atoms with Gasteiger partial charge >= 0.3 is 0 Å². The number of carbonyl (C=O) groups excluding carboxylic acids is 1. The van der Waals surface area contributed by atoms with Crippen molar-refractivity contribution in [3.63, 3.8) is 0 Å². The molecule has 50 valence electrons. The molecule has 0 aromatic heterocycles. The van der Waals surface area contributed by atoms with Crippen LogP contribution in [0.1, 0.15) is 6.92 Å². The highest BCUT2D eigenvalue weighted by molar-refractivity contribution is 5.86. The van der Waals surface area contributed by atoms with Crippen molar-refractivity contribution in [3.05, 3.63) is 17.1 Å². The maximum absolute atomic E-state index is 10.5. The molecule has 0 atom stereocenters. The Balaban J connectivity index is 3.87. The van der Waals surface area contributed by atoms with E-state index in [0.717, 1.165) is 5.01 Å². The molecular weight excluding hydrogens is 120 g/mol. The summed E-state index contributed by atoms with van der Waals surface area (Å²) in [6.07, 6.45) is 2.81. The number of allylic oxidation sites excluding steroid dienone is 1. The van der Waals surface area contributed by atoms with Crippen LogP contribution in [0.2, 0.25) is 0 Å². The second-order valence-electron chi connectivity index (χ2n) is 1.44. The van der Waals surface area contributed by atoms with Gasteiger partial charge in [-0.2, -0.15) is 5.01 Å². The van der Waals surface area contributed by atoms with E-state index in [-0.39, 0.29) is 0 Å². The number of nitroso groups, excluding NO2 is 1. The third-order valence-electron chi connectivity index (χ3n) is 0.751. The summed E-state index contributed by atoms with van der Waals surface area (Å²) in [5, 5.41) is 3.11. The number of likely N-dealkylation sites (N-methyl/N-ethyl adjacent to an activating group) is 1. The number of carbonyl (C=O) groups is 1. The van der Waals surface area contributed by atoms with Gasteiger partial charge in [0, 0.05) is 13.1 Å². The zero-order valence-corrected chi connectivity index (χ0v) is 5.37. The average Bonchev–Trinajstić information content (AvgIpc) is 1.87. The van der Waals surface area contributed by atoms with Crippen LogP contribution in [0.4, 0.5) is 0 Å². The minimum absolute atomic E-state index is 0.410. The summed E-state index contributed by atoms with van der Waals surface area (Å²) in [7, 11) is 1.30. The summed E-state index contributed by atoms with van der Waals surface area (Å²) < 4.78 is 0. The fraction of sp³-hybridized carbons (Fsp3) is 0.400. The summed E-state index contributed by atoms with van der Waals surface area (Å²) in [4.78, 5) is 20.2. The lowest BCUT2D eigenvalue weighted by Crippen LogP contribution is -2.17. The third-order valence-corrected chi connectivity index (χ3v) is 0.751. The molecule has 0 unspecified atom stereocenters. The first kappa shape index (κ1) is 7.81. The van der Waals surface area contributed by atoms with Crippen LogP contribution in [-0.2, 0) is 4.79 Å². The third kappa shape index (κ3) is 2.58. The van der Waals surface area contributed by atoms with Gasteiger partial charge < -0.3 is 0 Å². The van der Waals surface area contributed by atoms with Gasteiger partial charge in [0.25, 0.3) is 5.91 Å². The minimum atomic E-state index is -0.410. The summed E-state index contributed by atoms with van der Waals surface area (Å²) >= 11 is 0. The largest absolute Gasteiger partial charge is 0.268 e. The van der Waals surface area contributed by atoms with Gasteiger partial charge in [-0.1, -0.05) is 6.08 Å². The van der Waals surface area contributed by atoms with E-state index in [4.69, 9.17) is 0 Å². The number of nitrogens with zero attached hydrogens (tertiary/aromatic N) is 2. The molecular formula is C5H8N2O2. The Morgan fingerprint density at radius 2 is 2.22 bits per heavy atom. The van der Waals surface area contributed by atoms with Crippen molar-refractivity contribution < 1.29 is 4.79 Å². The van der Waals surface area contributed by atoms with Crippen LogP contribution in [0.5, 0.6) is 0 Å². The molecule has 0 heterocycles. The van der Waals surface area contributed by atoms with Crippen molar-refractivity contribution in [2.75, 3.05) is 7.05 Å². The second-order valence-corrected chi connectivity index (χ2v) is 1.44. The SMILES string of the molecule is C/C=C/C(=O)N(C)N=O. The van der Waals surface area contributed by atoms with Crippen LogP contribution in [0.3, 0.4) is 0 Å². The molecule has 0 aromatic rings. The highest BCUT2D eigenvalue weighted by Crippen LogP contribution is 1.85. The molecule has 0 N–H and O–H groups in total. The smallest absolute Gasteiger partial charge is 0.268 e. The lowest BCUT2D eigenvalue weighted by atomic mass is 10.5. The van der Waals surface area contributed by atoms with E-state index < -0.39 is 5.91 Å². The Hall–Kier alpha value is -1.19. The van der Waals surface area contributed by atoms with Gasteiger partial charge in [-0.15, -0.1) is 4.91 Å². The Bertz CT molecular complexity index is 142. The molecule has 4 heteroatoms. The van der Waals surface area contributed by atoms with Crippen LogP contribution in [0.25, 0.3) is 0 Å². The van der Waals surface area contributed by atoms with E-state index in [9.17, 15) is 9.70 Å². The van der Waals surface area contributed by atoms with E-state index in [1.165, 1.54) is 13.1 Å². The van der Waals surface area contributed by atoms with Gasteiger partial charge in [-0.3, -0.25) is 4.79 Å². The van der Waals surface area contributed by atoms with E-state index in [1.54, 1.807) is 13.0 Å². The zero-order valence-electron chi connectivity index (χ0n) is 5.37. The Morgan fingerprint density at radius 1 is 1.67 bits per heavy atom. The van der Waals surface area contributed by atoms with Crippen molar-refractivity contribution >= 4 is 5.91 Å². The quantitative estimate of drug-likeness (QED) is 0.312. The predicted octanol–water partition coefficient (Wildman–Crippen LogP) is 0.702. The molecule has 0 saturated heterocycles. The maximum Gasteiger partial charge on any atom is 0.268 e. The molecule has 0 bridgehead atoms. The monoisotopic (exact) mass is 128 g/mol. The summed E-state index contributed by atoms with van der Waals surface area (Å²) in [6.45, 7) is 1.69. The molecule has 0 aliphatic rings. The van der Waals surface area contributed by atoms with Crippen LogP contribution < -0.4 is 0 Å². The molecule has 0 radical (unpaired) electrons. The van der Waals surface area contributed by atoms with Gasteiger partial charge in [0.1, 0.15) is 0 Å². The van der Waals surface area contributed by atoms with Crippen LogP contribution >= 0.6 is 0 Å². The van der Waals surface area contributed by atoms with E-state index >= 15 is 0 Å². The highest BCUT2D eigenvalue weighted by atomic mass is 16.3. The van der Waals surface area contributed by atoms with Crippen molar-refractivity contribution in [3.8, 4) is 0 Å². The topological polar surface area (TPSA) is 49.7 Å². The minimum Gasteiger partial charge on any atom is -0.268 e. The molecule has 9 heavy (non-hydrogen) atoms. The zero-order chi connectivity index (χ0) is 7.28. The Kier molecular flexibility index (Phi) is 3.27. The van der Waals surface area contributed by atoms with E-state index in [1.807, 2.05) is 0 Å². The highest BCUT2D eigenvalue weighted by Gasteiger charge is 2.00. The van der Waals surface area contributed by atoms with Gasteiger partial charge in [0.2, 0.25) is 0 Å². The summed E-state index contributed by atoms with van der Waals surface area (Å²) in [6, 6.07) is 0. The fourth-order valence-electron chi connectivity index (χ4n) is 0.291. The van der Waals surface area contributed by atoms with Gasteiger partial charge in [0.05, 0.1) is 5.29 Å². The molecule has 0 aromatic carbocycles. The van der Waals surface area contributed by atoms with E-state index in [0.29, 0.717) is 0 Å². The summed E-state index contributed by atoms with van der Waals surface area (Å²) in [5.41, 5.74) is 0. The first-order valence-electron chi connectivity index (χ1n) is 2.46. The standard InChI is InChI=1S/C5H8N2O2/c1-3-4-5(8)7(2)6-9/h3-4H,1-2H3/b4-3+. The average molecular weight is 128 g/mol. The molecule has 0 rings (SSSR count). The summed E-state index contributed by atoms with van der Waals surface area (Å²) in [5.74, 6) is -0.410.